The molecule has 1 N–H and O–H groups in total. The zero-order valence-corrected chi connectivity index (χ0v) is 21.6. The average molecular weight is 504 g/mol. The van der Waals surface area contributed by atoms with Crippen LogP contribution >= 0.6 is 23.2 Å². The van der Waals surface area contributed by atoms with Crippen molar-refractivity contribution in [1.82, 2.24) is 5.32 Å². The second-order valence-electron chi connectivity index (χ2n) is 10.5. The summed E-state index contributed by atoms with van der Waals surface area (Å²) in [5.74, 6) is 0.775. The number of hydrogen-bond acceptors (Lipinski definition) is 3. The molecule has 0 bridgehead atoms. The standard InChI is InChI=1S/C27H32Cl2N2O3/c1-18(32)34-23-6-4-5-20(15-23)27-11-12-31(2,3)17-21(27)8-9-22(16-27)30-26(33)14-19-7-10-24(28)25(29)13-19/h4-7,10,13,15,21-22H,8-9,11-12,14,16-17H2,1-3H3/p+1/t21-,22-,27+/m1/s1. The van der Waals surface area contributed by atoms with Gasteiger partial charge in [-0.15, -0.1) is 0 Å². The van der Waals surface area contributed by atoms with Crippen molar-refractivity contribution in [1.29, 1.82) is 0 Å². The van der Waals surface area contributed by atoms with Gasteiger partial charge in [0.15, 0.2) is 0 Å². The molecule has 3 atom stereocenters. The molecule has 7 heteroatoms. The van der Waals surface area contributed by atoms with Gasteiger partial charge in [0.05, 0.1) is 43.7 Å². The smallest absolute Gasteiger partial charge is 0.308 e. The van der Waals surface area contributed by atoms with Crippen LogP contribution in [0.5, 0.6) is 5.75 Å². The summed E-state index contributed by atoms with van der Waals surface area (Å²) in [6.45, 7) is 3.59. The predicted octanol–water partition coefficient (Wildman–Crippen LogP) is 5.16. The fraction of sp³-hybridized carbons (Fsp3) is 0.481. The zero-order valence-electron chi connectivity index (χ0n) is 20.1. The highest BCUT2D eigenvalue weighted by Crippen LogP contribution is 2.50. The molecule has 1 saturated carbocycles. The van der Waals surface area contributed by atoms with E-state index in [4.69, 9.17) is 27.9 Å². The maximum Gasteiger partial charge on any atom is 0.308 e. The van der Waals surface area contributed by atoms with Crippen molar-refractivity contribution in [3.8, 4) is 5.75 Å². The Morgan fingerprint density at radius 3 is 2.65 bits per heavy atom. The van der Waals surface area contributed by atoms with Crippen LogP contribution in [0.15, 0.2) is 42.5 Å². The van der Waals surface area contributed by atoms with Crippen molar-refractivity contribution in [3.05, 3.63) is 63.6 Å². The Morgan fingerprint density at radius 1 is 1.12 bits per heavy atom. The van der Waals surface area contributed by atoms with Crippen LogP contribution in [0.3, 0.4) is 0 Å². The largest absolute Gasteiger partial charge is 0.427 e. The Labute approximate surface area is 212 Å². The van der Waals surface area contributed by atoms with Crippen LogP contribution in [-0.4, -0.2) is 49.6 Å². The van der Waals surface area contributed by atoms with Crippen molar-refractivity contribution < 1.29 is 18.8 Å². The number of piperidine rings is 1. The summed E-state index contributed by atoms with van der Waals surface area (Å²) < 4.78 is 6.41. The van der Waals surface area contributed by atoms with E-state index in [0.29, 0.717) is 21.7 Å². The molecule has 2 aromatic carbocycles. The first-order valence-electron chi connectivity index (χ1n) is 11.9. The number of halogens is 2. The SMILES string of the molecule is CC(=O)Oc1cccc([C@@]23CC[N+](C)(C)C[C@H]2CC[C@@H](NC(=O)Cc2ccc(Cl)c(Cl)c2)C3)c1. The van der Waals surface area contributed by atoms with Gasteiger partial charge >= 0.3 is 5.97 Å². The van der Waals surface area contributed by atoms with E-state index >= 15 is 0 Å². The number of nitrogens with one attached hydrogen (secondary N) is 1. The van der Waals surface area contributed by atoms with E-state index in [1.807, 2.05) is 24.3 Å². The number of esters is 1. The molecule has 1 saturated heterocycles. The Hall–Kier alpha value is -2.08. The van der Waals surface area contributed by atoms with Gasteiger partial charge in [-0.25, -0.2) is 0 Å². The van der Waals surface area contributed by atoms with Crippen molar-refractivity contribution in [2.75, 3.05) is 27.2 Å². The molecular formula is C27H33Cl2N2O3+. The molecule has 5 nitrogen and oxygen atoms in total. The van der Waals surface area contributed by atoms with Crippen LogP contribution in [-0.2, 0) is 21.4 Å². The fourth-order valence-corrected chi connectivity index (χ4v) is 6.24. The molecule has 0 unspecified atom stereocenters. The minimum atomic E-state index is -0.316. The Kier molecular flexibility index (Phi) is 7.28. The number of nitrogens with zero attached hydrogens (tertiary/aromatic N) is 1. The second-order valence-corrected chi connectivity index (χ2v) is 11.4. The lowest BCUT2D eigenvalue weighted by molar-refractivity contribution is -0.901. The lowest BCUT2D eigenvalue weighted by Crippen LogP contribution is -2.60. The third-order valence-electron chi connectivity index (χ3n) is 7.52. The quantitative estimate of drug-likeness (QED) is 0.348. The lowest BCUT2D eigenvalue weighted by Gasteiger charge is -2.54. The highest BCUT2D eigenvalue weighted by molar-refractivity contribution is 6.42. The number of fused-ring (bicyclic) bond motifs is 1. The zero-order chi connectivity index (χ0) is 24.5. The van der Waals surface area contributed by atoms with Crippen LogP contribution in [0.1, 0.15) is 43.7 Å². The summed E-state index contributed by atoms with van der Waals surface area (Å²) in [7, 11) is 4.59. The number of quaternary nitrogens is 1. The average Bonchev–Trinajstić information content (AvgIpc) is 2.76. The van der Waals surface area contributed by atoms with E-state index in [1.54, 1.807) is 12.1 Å². The van der Waals surface area contributed by atoms with Crippen molar-refractivity contribution in [3.63, 3.8) is 0 Å². The van der Waals surface area contributed by atoms with Gasteiger partial charge in [-0.05, 0) is 54.7 Å². The normalized spacial score (nSPS) is 25.8. The molecule has 2 aliphatic rings. The van der Waals surface area contributed by atoms with E-state index in [0.717, 1.165) is 48.8 Å². The third kappa shape index (κ3) is 5.59. The van der Waals surface area contributed by atoms with Gasteiger partial charge in [-0.1, -0.05) is 41.4 Å². The molecule has 0 aromatic heterocycles. The molecule has 0 spiro atoms. The van der Waals surface area contributed by atoms with E-state index < -0.39 is 0 Å². The van der Waals surface area contributed by atoms with Crippen molar-refractivity contribution >= 4 is 35.1 Å². The molecule has 1 aliphatic heterocycles. The Balaban J connectivity index is 1.55. The fourth-order valence-electron chi connectivity index (χ4n) is 5.92. The van der Waals surface area contributed by atoms with Gasteiger partial charge in [0.25, 0.3) is 0 Å². The molecule has 1 amide bonds. The van der Waals surface area contributed by atoms with E-state index in [1.165, 1.54) is 12.5 Å². The molecule has 34 heavy (non-hydrogen) atoms. The third-order valence-corrected chi connectivity index (χ3v) is 8.26. The molecular weight excluding hydrogens is 471 g/mol. The van der Waals surface area contributed by atoms with Crippen LogP contribution in [0.25, 0.3) is 0 Å². The van der Waals surface area contributed by atoms with Gasteiger partial charge in [-0.2, -0.15) is 0 Å². The number of carbonyl (C=O) groups excluding carboxylic acids is 2. The van der Waals surface area contributed by atoms with Gasteiger partial charge in [0, 0.05) is 30.7 Å². The number of rotatable bonds is 5. The monoisotopic (exact) mass is 503 g/mol. The van der Waals surface area contributed by atoms with Gasteiger partial charge in [0.1, 0.15) is 5.75 Å². The van der Waals surface area contributed by atoms with Crippen molar-refractivity contribution in [2.45, 2.75) is 50.5 Å². The van der Waals surface area contributed by atoms with E-state index in [-0.39, 0.29) is 29.8 Å². The van der Waals surface area contributed by atoms with Gasteiger partial charge < -0.3 is 14.5 Å². The van der Waals surface area contributed by atoms with Gasteiger partial charge in [-0.3, -0.25) is 9.59 Å². The van der Waals surface area contributed by atoms with Gasteiger partial charge in [0.2, 0.25) is 5.91 Å². The number of benzene rings is 2. The first-order chi connectivity index (χ1) is 16.1. The molecule has 0 radical (unpaired) electrons. The highest BCUT2D eigenvalue weighted by atomic mass is 35.5. The molecule has 4 rings (SSSR count). The number of hydrogen-bond donors (Lipinski definition) is 1. The van der Waals surface area contributed by atoms with E-state index in [9.17, 15) is 9.59 Å². The first-order valence-corrected chi connectivity index (χ1v) is 12.7. The lowest BCUT2D eigenvalue weighted by atomic mass is 9.57. The first kappa shape index (κ1) is 25.0. The van der Waals surface area contributed by atoms with Crippen molar-refractivity contribution in [2.24, 2.45) is 5.92 Å². The number of amides is 1. The number of ether oxygens (including phenoxy) is 1. The van der Waals surface area contributed by atoms with E-state index in [2.05, 4.69) is 25.5 Å². The summed E-state index contributed by atoms with van der Waals surface area (Å²) in [4.78, 5) is 24.5. The highest BCUT2D eigenvalue weighted by Gasteiger charge is 2.51. The Bertz CT molecular complexity index is 1090. The number of carbonyl (C=O) groups is 2. The van der Waals surface area contributed by atoms with Crippen LogP contribution < -0.4 is 10.1 Å². The van der Waals surface area contributed by atoms with Crippen LogP contribution in [0, 0.1) is 5.92 Å². The minimum Gasteiger partial charge on any atom is -0.427 e. The molecule has 1 aliphatic carbocycles. The Morgan fingerprint density at radius 2 is 1.91 bits per heavy atom. The summed E-state index contributed by atoms with van der Waals surface area (Å²) in [5, 5.41) is 4.24. The second kappa shape index (κ2) is 9.88. The van der Waals surface area contributed by atoms with Crippen LogP contribution in [0.2, 0.25) is 10.0 Å². The summed E-state index contributed by atoms with van der Waals surface area (Å²) in [6.07, 6.45) is 4.21. The van der Waals surface area contributed by atoms with Crippen LogP contribution in [0.4, 0.5) is 0 Å². The molecule has 1 heterocycles. The minimum absolute atomic E-state index is 0.00225. The molecule has 182 valence electrons. The molecule has 2 fully saturated rings. The maximum absolute atomic E-state index is 12.9. The molecule has 2 aromatic rings. The predicted molar refractivity (Wildman–Crippen MR) is 135 cm³/mol. The summed E-state index contributed by atoms with van der Waals surface area (Å²) in [5.41, 5.74) is 2.00. The number of likely N-dealkylation sites (tertiary alicyclic amines) is 1. The summed E-state index contributed by atoms with van der Waals surface area (Å²) in [6, 6.07) is 13.4. The topological polar surface area (TPSA) is 55.4 Å². The summed E-state index contributed by atoms with van der Waals surface area (Å²) >= 11 is 12.1. The maximum atomic E-state index is 12.9.